The van der Waals surface area contributed by atoms with Crippen molar-refractivity contribution in [3.8, 4) is 5.00 Å². The molecule has 1 fully saturated rings. The molecule has 4 aromatic rings. The number of hydrogen-bond donors (Lipinski definition) is 0. The van der Waals surface area contributed by atoms with Crippen molar-refractivity contribution >= 4 is 27.9 Å². The van der Waals surface area contributed by atoms with Crippen molar-refractivity contribution in [1.29, 1.82) is 0 Å². The fraction of sp³-hybridized carbons (Fsp3) is 0.217. The number of rotatable bonds is 5. The number of ketones is 1. The number of benzene rings is 2. The number of Topliss-reactive ketones (excluding diaryl/α,β-unsaturated/α-hetero) is 1. The summed E-state index contributed by atoms with van der Waals surface area (Å²) in [6, 6.07) is 18.1. The summed E-state index contributed by atoms with van der Waals surface area (Å²) in [5, 5.41) is 5.30. The molecule has 1 aliphatic heterocycles. The number of fused-ring (bicyclic) bond motifs is 1. The number of morpholine rings is 1. The molecule has 0 unspecified atom stereocenters. The number of thiophene rings is 1. The largest absolute Gasteiger partial charge is 0.379 e. The van der Waals surface area contributed by atoms with Crippen LogP contribution in [-0.4, -0.2) is 46.5 Å². The van der Waals surface area contributed by atoms with Crippen molar-refractivity contribution in [2.75, 3.05) is 26.3 Å². The van der Waals surface area contributed by atoms with E-state index in [9.17, 15) is 4.79 Å². The minimum absolute atomic E-state index is 0.0144. The average Bonchev–Trinajstić information content (AvgIpc) is 3.46. The topological polar surface area (TPSA) is 47.4 Å². The summed E-state index contributed by atoms with van der Waals surface area (Å²) in [6.07, 6.45) is 3.56. The van der Waals surface area contributed by atoms with Crippen molar-refractivity contribution in [3.05, 3.63) is 83.8 Å². The first-order chi connectivity index (χ1) is 14.3. The van der Waals surface area contributed by atoms with Gasteiger partial charge >= 0.3 is 0 Å². The lowest BCUT2D eigenvalue weighted by Gasteiger charge is -2.33. The first-order valence-corrected chi connectivity index (χ1v) is 10.6. The number of carbonyl (C=O) groups excluding carboxylic acids is 1. The first-order valence-electron chi connectivity index (χ1n) is 9.73. The SMILES string of the molecule is O=C(c1nccn1-c1cccs1)[C@H](c1ccc2ccccc2c1)N1CCOCC1. The Morgan fingerprint density at radius 1 is 1.03 bits per heavy atom. The number of ether oxygens (including phenoxy) is 1. The molecule has 29 heavy (non-hydrogen) atoms. The fourth-order valence-electron chi connectivity index (χ4n) is 3.93. The first kappa shape index (κ1) is 18.2. The highest BCUT2D eigenvalue weighted by Crippen LogP contribution is 2.29. The van der Waals surface area contributed by atoms with Crippen LogP contribution in [0.15, 0.2) is 72.4 Å². The molecule has 2 aromatic heterocycles. The van der Waals surface area contributed by atoms with E-state index in [-0.39, 0.29) is 11.8 Å². The van der Waals surface area contributed by atoms with Gasteiger partial charge in [0.15, 0.2) is 5.82 Å². The maximum atomic E-state index is 13.8. The molecule has 6 heteroatoms. The van der Waals surface area contributed by atoms with Crippen LogP contribution in [0.3, 0.4) is 0 Å². The lowest BCUT2D eigenvalue weighted by atomic mass is 9.96. The molecule has 5 rings (SSSR count). The molecule has 0 aliphatic carbocycles. The Labute approximate surface area is 173 Å². The van der Waals surface area contributed by atoms with Gasteiger partial charge in [0, 0.05) is 25.5 Å². The van der Waals surface area contributed by atoms with Crippen LogP contribution in [0.25, 0.3) is 15.8 Å². The summed E-state index contributed by atoms with van der Waals surface area (Å²) in [4.78, 5) is 20.4. The van der Waals surface area contributed by atoms with Crippen LogP contribution in [0.5, 0.6) is 0 Å². The van der Waals surface area contributed by atoms with Gasteiger partial charge in [-0.05, 0) is 39.9 Å². The normalized spacial score (nSPS) is 16.1. The minimum Gasteiger partial charge on any atom is -0.379 e. The predicted molar refractivity (Wildman–Crippen MR) is 115 cm³/mol. The smallest absolute Gasteiger partial charge is 0.220 e. The van der Waals surface area contributed by atoms with Crippen LogP contribution < -0.4 is 0 Å². The second-order valence-electron chi connectivity index (χ2n) is 7.09. The van der Waals surface area contributed by atoms with E-state index in [1.807, 2.05) is 40.4 Å². The Morgan fingerprint density at radius 2 is 1.86 bits per heavy atom. The Balaban J connectivity index is 1.59. The van der Waals surface area contributed by atoms with E-state index in [0.717, 1.165) is 29.0 Å². The molecule has 146 valence electrons. The van der Waals surface area contributed by atoms with Gasteiger partial charge in [0.1, 0.15) is 11.0 Å². The van der Waals surface area contributed by atoms with Gasteiger partial charge in [-0.15, -0.1) is 11.3 Å². The molecule has 1 aliphatic rings. The van der Waals surface area contributed by atoms with Gasteiger partial charge in [0.05, 0.1) is 13.2 Å². The van der Waals surface area contributed by atoms with Crippen LogP contribution in [0.1, 0.15) is 22.2 Å². The van der Waals surface area contributed by atoms with Crippen molar-refractivity contribution in [2.45, 2.75) is 6.04 Å². The van der Waals surface area contributed by atoms with Gasteiger partial charge in [0.2, 0.25) is 5.78 Å². The molecule has 1 saturated heterocycles. The third-order valence-electron chi connectivity index (χ3n) is 5.35. The lowest BCUT2D eigenvalue weighted by molar-refractivity contribution is 0.0169. The molecular formula is C23H21N3O2S. The molecule has 0 N–H and O–H groups in total. The van der Waals surface area contributed by atoms with E-state index in [1.165, 1.54) is 5.39 Å². The maximum Gasteiger partial charge on any atom is 0.220 e. The van der Waals surface area contributed by atoms with E-state index >= 15 is 0 Å². The molecule has 0 radical (unpaired) electrons. The second kappa shape index (κ2) is 7.91. The van der Waals surface area contributed by atoms with Crippen LogP contribution in [-0.2, 0) is 4.74 Å². The van der Waals surface area contributed by atoms with Crippen LogP contribution in [0.4, 0.5) is 0 Å². The zero-order valence-electron chi connectivity index (χ0n) is 15.9. The standard InChI is InChI=1S/C23H21N3O2S/c27-22(23-24-9-10-26(23)20-6-3-15-29-20)21(25-11-13-28-14-12-25)19-8-7-17-4-1-2-5-18(17)16-19/h1-10,15-16,21H,11-14H2/t21-/m0/s1. The molecular weight excluding hydrogens is 382 g/mol. The third-order valence-corrected chi connectivity index (χ3v) is 6.22. The lowest BCUT2D eigenvalue weighted by Crippen LogP contribution is -2.42. The van der Waals surface area contributed by atoms with E-state index < -0.39 is 0 Å². The molecule has 0 bridgehead atoms. The van der Waals surface area contributed by atoms with Gasteiger partial charge < -0.3 is 4.74 Å². The maximum absolute atomic E-state index is 13.8. The summed E-state index contributed by atoms with van der Waals surface area (Å²) >= 11 is 1.59. The minimum atomic E-state index is -0.385. The van der Waals surface area contributed by atoms with Gasteiger partial charge in [-0.25, -0.2) is 4.98 Å². The van der Waals surface area contributed by atoms with Gasteiger partial charge in [-0.2, -0.15) is 0 Å². The van der Waals surface area contributed by atoms with Crippen LogP contribution >= 0.6 is 11.3 Å². The Bertz CT molecular complexity index is 1130. The molecule has 0 spiro atoms. The van der Waals surface area contributed by atoms with Gasteiger partial charge in [-0.1, -0.05) is 36.4 Å². The number of carbonyl (C=O) groups is 1. The van der Waals surface area contributed by atoms with E-state index in [4.69, 9.17) is 4.74 Å². The van der Waals surface area contributed by atoms with E-state index in [1.54, 1.807) is 17.5 Å². The Morgan fingerprint density at radius 3 is 2.66 bits per heavy atom. The van der Waals surface area contributed by atoms with E-state index in [0.29, 0.717) is 19.0 Å². The molecule has 2 aromatic carbocycles. The predicted octanol–water partition coefficient (Wildman–Crippen LogP) is 4.34. The second-order valence-corrected chi connectivity index (χ2v) is 8.02. The number of hydrogen-bond acceptors (Lipinski definition) is 5. The van der Waals surface area contributed by atoms with Crippen molar-refractivity contribution in [3.63, 3.8) is 0 Å². The molecule has 0 saturated carbocycles. The zero-order valence-corrected chi connectivity index (χ0v) is 16.7. The number of imidazole rings is 1. The summed E-state index contributed by atoms with van der Waals surface area (Å²) in [5.41, 5.74) is 0.997. The Kier molecular flexibility index (Phi) is 4.97. The summed E-state index contributed by atoms with van der Waals surface area (Å²) < 4.78 is 7.43. The van der Waals surface area contributed by atoms with Gasteiger partial charge in [-0.3, -0.25) is 14.3 Å². The molecule has 3 heterocycles. The third kappa shape index (κ3) is 3.51. The average molecular weight is 404 g/mol. The highest BCUT2D eigenvalue weighted by atomic mass is 32.1. The number of aromatic nitrogens is 2. The molecule has 0 amide bonds. The monoisotopic (exact) mass is 403 g/mol. The fourth-order valence-corrected chi connectivity index (χ4v) is 4.65. The Hall–Kier alpha value is -2.80. The van der Waals surface area contributed by atoms with Crippen molar-refractivity contribution in [2.24, 2.45) is 0 Å². The summed E-state index contributed by atoms with van der Waals surface area (Å²) in [7, 11) is 0. The highest BCUT2D eigenvalue weighted by Gasteiger charge is 2.32. The zero-order chi connectivity index (χ0) is 19.6. The molecule has 5 nitrogen and oxygen atoms in total. The van der Waals surface area contributed by atoms with Crippen molar-refractivity contribution < 1.29 is 9.53 Å². The summed E-state index contributed by atoms with van der Waals surface area (Å²) in [5.74, 6) is 0.484. The quantitative estimate of drug-likeness (QED) is 0.465. The highest BCUT2D eigenvalue weighted by molar-refractivity contribution is 7.12. The number of nitrogens with zero attached hydrogens (tertiary/aromatic N) is 3. The van der Waals surface area contributed by atoms with Gasteiger partial charge in [0.25, 0.3) is 0 Å². The molecule has 1 atom stereocenters. The summed E-state index contributed by atoms with van der Waals surface area (Å²) in [6.45, 7) is 2.72. The van der Waals surface area contributed by atoms with E-state index in [2.05, 4.69) is 40.2 Å². The van der Waals surface area contributed by atoms with Crippen LogP contribution in [0, 0.1) is 0 Å². The van der Waals surface area contributed by atoms with Crippen molar-refractivity contribution in [1.82, 2.24) is 14.5 Å². The van der Waals surface area contributed by atoms with Crippen LogP contribution in [0.2, 0.25) is 0 Å².